The first-order valence-corrected chi connectivity index (χ1v) is 6.98. The summed E-state index contributed by atoms with van der Waals surface area (Å²) >= 11 is 7.28. The molecular weight excluding hydrogens is 299 g/mol. The minimum Gasteiger partial charge on any atom is -0.298 e. The van der Waals surface area contributed by atoms with Crippen LogP contribution >= 0.6 is 22.9 Å². The van der Waals surface area contributed by atoms with E-state index in [1.165, 1.54) is 23.5 Å². The van der Waals surface area contributed by atoms with Gasteiger partial charge in [-0.25, -0.2) is 9.07 Å². The predicted octanol–water partition coefficient (Wildman–Crippen LogP) is 4.21. The van der Waals surface area contributed by atoms with Crippen LogP contribution in [0.3, 0.4) is 0 Å². The van der Waals surface area contributed by atoms with Crippen molar-refractivity contribution >= 4 is 29.2 Å². The number of carbonyl (C=O) groups excluding carboxylic acids is 1. The molecule has 2 heterocycles. The molecule has 0 N–H and O–H groups in total. The Bertz CT molecular complexity index is 764. The van der Waals surface area contributed by atoms with Gasteiger partial charge in [0.2, 0.25) is 0 Å². The highest BCUT2D eigenvalue weighted by molar-refractivity contribution is 7.14. The molecule has 0 unspecified atom stereocenters. The number of benzene rings is 1. The van der Waals surface area contributed by atoms with E-state index in [0.29, 0.717) is 21.3 Å². The molecule has 0 aliphatic heterocycles. The summed E-state index contributed by atoms with van der Waals surface area (Å²) in [4.78, 5) is 11.2. The van der Waals surface area contributed by atoms with Crippen LogP contribution in [-0.2, 0) is 0 Å². The number of rotatable bonds is 3. The van der Waals surface area contributed by atoms with Crippen LogP contribution in [0, 0.1) is 5.82 Å². The van der Waals surface area contributed by atoms with Crippen LogP contribution in [0.15, 0.2) is 41.9 Å². The molecule has 0 saturated carbocycles. The Morgan fingerprint density at radius 1 is 1.30 bits per heavy atom. The first-order valence-electron chi connectivity index (χ1n) is 5.72. The summed E-state index contributed by atoms with van der Waals surface area (Å²) in [6, 6.07) is 7.65. The van der Waals surface area contributed by atoms with E-state index in [-0.39, 0.29) is 5.82 Å². The number of thiophene rings is 1. The minimum atomic E-state index is -0.318. The van der Waals surface area contributed by atoms with Gasteiger partial charge in [0.1, 0.15) is 11.5 Å². The topological polar surface area (TPSA) is 34.9 Å². The van der Waals surface area contributed by atoms with Crippen molar-refractivity contribution in [2.24, 2.45) is 0 Å². The summed E-state index contributed by atoms with van der Waals surface area (Å²) in [6.07, 6.45) is 2.36. The highest BCUT2D eigenvalue weighted by Gasteiger charge is 2.13. The van der Waals surface area contributed by atoms with Crippen LogP contribution in [0.25, 0.3) is 16.9 Å². The van der Waals surface area contributed by atoms with Crippen molar-refractivity contribution in [1.29, 1.82) is 0 Å². The highest BCUT2D eigenvalue weighted by Crippen LogP contribution is 2.30. The Morgan fingerprint density at radius 3 is 2.65 bits per heavy atom. The zero-order valence-electron chi connectivity index (χ0n) is 10.1. The Kier molecular flexibility index (Phi) is 3.38. The van der Waals surface area contributed by atoms with E-state index >= 15 is 0 Å². The summed E-state index contributed by atoms with van der Waals surface area (Å²) in [5, 5.41) is 6.22. The van der Waals surface area contributed by atoms with Gasteiger partial charge in [0.05, 0.1) is 15.6 Å². The van der Waals surface area contributed by atoms with Crippen LogP contribution in [-0.4, -0.2) is 16.1 Å². The van der Waals surface area contributed by atoms with E-state index in [1.54, 1.807) is 29.1 Å². The van der Waals surface area contributed by atoms with Crippen molar-refractivity contribution in [2.45, 2.75) is 0 Å². The molecule has 20 heavy (non-hydrogen) atoms. The summed E-state index contributed by atoms with van der Waals surface area (Å²) in [5.74, 6) is -0.318. The largest absolute Gasteiger partial charge is 0.298 e. The van der Waals surface area contributed by atoms with Gasteiger partial charge in [-0.2, -0.15) is 5.10 Å². The van der Waals surface area contributed by atoms with E-state index in [9.17, 15) is 9.18 Å². The Balaban J connectivity index is 2.09. The second-order valence-electron chi connectivity index (χ2n) is 4.11. The molecule has 3 nitrogen and oxygen atoms in total. The lowest BCUT2D eigenvalue weighted by Gasteiger charge is -2.00. The maximum absolute atomic E-state index is 12.9. The molecule has 0 atom stereocenters. The van der Waals surface area contributed by atoms with Crippen LogP contribution in [0.5, 0.6) is 0 Å². The molecule has 0 aliphatic carbocycles. The number of carbonyl (C=O) groups is 1. The summed E-state index contributed by atoms with van der Waals surface area (Å²) in [7, 11) is 0. The Hall–Kier alpha value is -1.98. The second kappa shape index (κ2) is 5.19. The van der Waals surface area contributed by atoms with Crippen LogP contribution < -0.4 is 0 Å². The number of aromatic nitrogens is 2. The van der Waals surface area contributed by atoms with Crippen LogP contribution in [0.1, 0.15) is 10.4 Å². The smallest absolute Gasteiger partial charge is 0.153 e. The molecule has 6 heteroatoms. The fourth-order valence-corrected chi connectivity index (χ4v) is 2.72. The standard InChI is InChI=1S/C14H8ClFN2OS/c15-13-5-9(8-20-13)14-10(7-19)6-18(17-14)12-3-1-11(16)2-4-12/h1-8H. The Morgan fingerprint density at radius 2 is 2.05 bits per heavy atom. The van der Waals surface area contributed by atoms with Crippen LogP contribution in [0.2, 0.25) is 4.34 Å². The van der Waals surface area contributed by atoms with Gasteiger partial charge in [0.25, 0.3) is 0 Å². The van der Waals surface area contributed by atoms with Crippen molar-refractivity contribution < 1.29 is 9.18 Å². The monoisotopic (exact) mass is 306 g/mol. The molecular formula is C14H8ClFN2OS. The maximum Gasteiger partial charge on any atom is 0.153 e. The van der Waals surface area contributed by atoms with E-state index in [1.807, 2.05) is 5.38 Å². The van der Waals surface area contributed by atoms with Crippen molar-refractivity contribution in [3.8, 4) is 16.9 Å². The first kappa shape index (κ1) is 13.0. The molecule has 0 fully saturated rings. The third kappa shape index (κ3) is 2.37. The molecule has 0 bridgehead atoms. The van der Waals surface area contributed by atoms with E-state index in [2.05, 4.69) is 5.10 Å². The van der Waals surface area contributed by atoms with Crippen molar-refractivity contribution in [3.05, 3.63) is 57.6 Å². The number of halogens is 2. The molecule has 2 aromatic heterocycles. The van der Waals surface area contributed by atoms with Gasteiger partial charge >= 0.3 is 0 Å². The lowest BCUT2D eigenvalue weighted by molar-refractivity contribution is 0.112. The summed E-state index contributed by atoms with van der Waals surface area (Å²) in [5.41, 5.74) is 2.50. The normalized spacial score (nSPS) is 10.7. The Labute approximate surface area is 123 Å². The first-order chi connectivity index (χ1) is 9.67. The lowest BCUT2D eigenvalue weighted by Crippen LogP contribution is -1.94. The SMILES string of the molecule is O=Cc1cn(-c2ccc(F)cc2)nc1-c1csc(Cl)c1. The van der Waals surface area contributed by atoms with Gasteiger partial charge in [0, 0.05) is 17.1 Å². The zero-order chi connectivity index (χ0) is 14.1. The summed E-state index contributed by atoms with van der Waals surface area (Å²) < 4.78 is 15.1. The third-order valence-electron chi connectivity index (χ3n) is 2.80. The molecule has 3 aromatic rings. The average Bonchev–Trinajstić information content (AvgIpc) is 3.05. The molecule has 0 spiro atoms. The van der Waals surface area contributed by atoms with E-state index in [4.69, 9.17) is 11.6 Å². The summed E-state index contributed by atoms with van der Waals surface area (Å²) in [6.45, 7) is 0. The number of aldehydes is 1. The van der Waals surface area contributed by atoms with Crippen molar-refractivity contribution in [1.82, 2.24) is 9.78 Å². The quantitative estimate of drug-likeness (QED) is 0.680. The number of nitrogens with zero attached hydrogens (tertiary/aromatic N) is 2. The second-order valence-corrected chi connectivity index (χ2v) is 5.65. The van der Waals surface area contributed by atoms with Gasteiger partial charge in [-0.15, -0.1) is 11.3 Å². The van der Waals surface area contributed by atoms with Gasteiger partial charge in [-0.05, 0) is 30.3 Å². The molecule has 3 rings (SSSR count). The van der Waals surface area contributed by atoms with Crippen LogP contribution in [0.4, 0.5) is 4.39 Å². The molecule has 0 radical (unpaired) electrons. The third-order valence-corrected chi connectivity index (χ3v) is 3.89. The van der Waals surface area contributed by atoms with E-state index in [0.717, 1.165) is 11.8 Å². The fourth-order valence-electron chi connectivity index (χ4n) is 1.86. The molecule has 1 aromatic carbocycles. The number of hydrogen-bond donors (Lipinski definition) is 0. The number of hydrogen-bond acceptors (Lipinski definition) is 3. The van der Waals surface area contributed by atoms with Gasteiger partial charge in [0.15, 0.2) is 6.29 Å². The molecule has 0 saturated heterocycles. The van der Waals surface area contributed by atoms with Gasteiger partial charge < -0.3 is 0 Å². The minimum absolute atomic E-state index is 0.318. The zero-order valence-corrected chi connectivity index (χ0v) is 11.7. The fraction of sp³-hybridized carbons (Fsp3) is 0. The molecule has 100 valence electrons. The van der Waals surface area contributed by atoms with Gasteiger partial charge in [-0.1, -0.05) is 11.6 Å². The predicted molar refractivity (Wildman–Crippen MR) is 77.2 cm³/mol. The van der Waals surface area contributed by atoms with Crippen molar-refractivity contribution in [3.63, 3.8) is 0 Å². The van der Waals surface area contributed by atoms with Crippen molar-refractivity contribution in [2.75, 3.05) is 0 Å². The lowest BCUT2D eigenvalue weighted by atomic mass is 10.2. The average molecular weight is 307 g/mol. The molecule has 0 aliphatic rings. The van der Waals surface area contributed by atoms with Gasteiger partial charge in [-0.3, -0.25) is 4.79 Å². The molecule has 0 amide bonds. The highest BCUT2D eigenvalue weighted by atomic mass is 35.5. The maximum atomic E-state index is 12.9. The van der Waals surface area contributed by atoms with E-state index < -0.39 is 0 Å².